The van der Waals surface area contributed by atoms with Gasteiger partial charge in [0, 0.05) is 36.6 Å². The number of ether oxygens (including phenoxy) is 1. The second-order valence-corrected chi connectivity index (χ2v) is 10.2. The van der Waals surface area contributed by atoms with Gasteiger partial charge >= 0.3 is 0 Å². The minimum atomic E-state index is 0.147. The van der Waals surface area contributed by atoms with Crippen LogP contribution >= 0.6 is 22.9 Å². The van der Waals surface area contributed by atoms with Crippen molar-refractivity contribution in [2.24, 2.45) is 4.99 Å². The molecule has 1 fully saturated rings. The van der Waals surface area contributed by atoms with Gasteiger partial charge in [-0.3, -0.25) is 4.90 Å². The molecule has 2 aromatic carbocycles. The molecule has 4 rings (SSSR count). The van der Waals surface area contributed by atoms with E-state index < -0.39 is 0 Å². The summed E-state index contributed by atoms with van der Waals surface area (Å²) in [5.41, 5.74) is 4.85. The van der Waals surface area contributed by atoms with E-state index in [1.165, 1.54) is 16.8 Å². The van der Waals surface area contributed by atoms with E-state index in [9.17, 15) is 0 Å². The summed E-state index contributed by atoms with van der Waals surface area (Å²) < 4.78 is 7.85. The van der Waals surface area contributed by atoms with Crippen molar-refractivity contribution in [3.8, 4) is 11.3 Å². The molecule has 31 heavy (non-hydrogen) atoms. The third-order valence-electron chi connectivity index (χ3n) is 5.64. The van der Waals surface area contributed by atoms with Crippen LogP contribution in [-0.4, -0.2) is 42.3 Å². The van der Waals surface area contributed by atoms with E-state index in [0.717, 1.165) is 54.9 Å². The zero-order valence-electron chi connectivity index (χ0n) is 18.5. The Kier molecular flexibility index (Phi) is 6.97. The Hall–Kier alpha value is -1.92. The van der Waals surface area contributed by atoms with Gasteiger partial charge in [0.1, 0.15) is 0 Å². The number of rotatable bonds is 5. The Morgan fingerprint density at radius 2 is 1.65 bits per heavy atom. The van der Waals surface area contributed by atoms with Gasteiger partial charge in [-0.2, -0.15) is 0 Å². The summed E-state index contributed by atoms with van der Waals surface area (Å²) in [6.07, 6.45) is 0. The Morgan fingerprint density at radius 1 is 0.968 bits per heavy atom. The Labute approximate surface area is 193 Å². The fourth-order valence-electron chi connectivity index (χ4n) is 3.70. The summed E-state index contributed by atoms with van der Waals surface area (Å²) in [5.74, 6) is 0. The largest absolute Gasteiger partial charge is 0.379 e. The van der Waals surface area contributed by atoms with Crippen LogP contribution in [-0.2, 0) is 16.7 Å². The molecule has 4 nitrogen and oxygen atoms in total. The normalized spacial score (nSPS) is 16.1. The van der Waals surface area contributed by atoms with Gasteiger partial charge in [-0.25, -0.2) is 4.99 Å². The zero-order valence-corrected chi connectivity index (χ0v) is 20.0. The molecule has 1 aliphatic heterocycles. The zero-order chi connectivity index (χ0) is 21.8. The number of halogens is 1. The van der Waals surface area contributed by atoms with Crippen LogP contribution in [0.5, 0.6) is 0 Å². The van der Waals surface area contributed by atoms with Crippen molar-refractivity contribution in [1.82, 2.24) is 9.47 Å². The summed E-state index contributed by atoms with van der Waals surface area (Å²) in [7, 11) is 0. The number of benzene rings is 2. The topological polar surface area (TPSA) is 29.8 Å². The van der Waals surface area contributed by atoms with Crippen LogP contribution in [0.1, 0.15) is 26.3 Å². The number of hydrogen-bond acceptors (Lipinski definition) is 4. The molecule has 0 N–H and O–H groups in total. The standard InChI is InChI=1S/C25H30ClN3OS/c1-25(2,3)20-6-4-19(5-7-20)23-18-31-24(27-22-10-8-21(26)9-11-22)29(23)13-12-28-14-16-30-17-15-28/h4-11,18H,12-17H2,1-3H3. The first-order valence-corrected chi connectivity index (χ1v) is 12.1. The van der Waals surface area contributed by atoms with Crippen molar-refractivity contribution in [3.05, 3.63) is 69.3 Å². The van der Waals surface area contributed by atoms with E-state index in [-0.39, 0.29) is 5.41 Å². The van der Waals surface area contributed by atoms with Crippen molar-refractivity contribution in [2.75, 3.05) is 32.8 Å². The highest BCUT2D eigenvalue weighted by Crippen LogP contribution is 2.27. The van der Waals surface area contributed by atoms with Gasteiger partial charge < -0.3 is 9.30 Å². The van der Waals surface area contributed by atoms with E-state index in [1.54, 1.807) is 11.3 Å². The summed E-state index contributed by atoms with van der Waals surface area (Å²) in [6.45, 7) is 12.2. The second-order valence-electron chi connectivity index (χ2n) is 8.92. The van der Waals surface area contributed by atoms with Crippen LogP contribution in [0, 0.1) is 0 Å². The molecule has 0 spiro atoms. The second kappa shape index (κ2) is 9.70. The molecule has 0 amide bonds. The molecule has 2 heterocycles. The van der Waals surface area contributed by atoms with Gasteiger partial charge in [-0.15, -0.1) is 11.3 Å². The fourth-order valence-corrected chi connectivity index (χ4v) is 4.78. The third kappa shape index (κ3) is 5.66. The minimum Gasteiger partial charge on any atom is -0.379 e. The highest BCUT2D eigenvalue weighted by molar-refractivity contribution is 7.07. The molecule has 0 radical (unpaired) electrons. The van der Waals surface area contributed by atoms with Crippen LogP contribution in [0.2, 0.25) is 5.02 Å². The van der Waals surface area contributed by atoms with E-state index in [4.69, 9.17) is 21.3 Å². The highest BCUT2D eigenvalue weighted by Gasteiger charge is 2.16. The van der Waals surface area contributed by atoms with Crippen molar-refractivity contribution < 1.29 is 4.74 Å². The number of hydrogen-bond donors (Lipinski definition) is 0. The first-order chi connectivity index (χ1) is 14.9. The minimum absolute atomic E-state index is 0.147. The smallest absolute Gasteiger partial charge is 0.190 e. The molecule has 3 aromatic rings. The molecular weight excluding hydrogens is 426 g/mol. The van der Waals surface area contributed by atoms with E-state index in [0.29, 0.717) is 0 Å². The van der Waals surface area contributed by atoms with E-state index in [2.05, 4.69) is 59.9 Å². The van der Waals surface area contributed by atoms with Gasteiger partial charge in [0.2, 0.25) is 0 Å². The lowest BCUT2D eigenvalue weighted by atomic mass is 9.86. The maximum absolute atomic E-state index is 6.05. The van der Waals surface area contributed by atoms with Crippen LogP contribution in [0.15, 0.2) is 58.9 Å². The first kappa shape index (κ1) is 22.3. The maximum atomic E-state index is 6.05. The molecule has 1 aromatic heterocycles. The predicted molar refractivity (Wildman–Crippen MR) is 130 cm³/mol. The first-order valence-electron chi connectivity index (χ1n) is 10.8. The quantitative estimate of drug-likeness (QED) is 0.491. The Balaban J connectivity index is 1.68. The molecule has 1 aliphatic rings. The third-order valence-corrected chi connectivity index (χ3v) is 6.75. The lowest BCUT2D eigenvalue weighted by molar-refractivity contribution is 0.0363. The Bertz CT molecular complexity index is 1060. The van der Waals surface area contributed by atoms with Gasteiger partial charge in [0.05, 0.1) is 24.6 Å². The molecule has 6 heteroatoms. The van der Waals surface area contributed by atoms with E-state index in [1.807, 2.05) is 24.3 Å². The summed E-state index contributed by atoms with van der Waals surface area (Å²) in [4.78, 5) is 8.40. The van der Waals surface area contributed by atoms with Crippen molar-refractivity contribution in [1.29, 1.82) is 0 Å². The molecule has 0 bridgehead atoms. The number of thiazole rings is 1. The van der Waals surface area contributed by atoms with Crippen LogP contribution in [0.3, 0.4) is 0 Å². The van der Waals surface area contributed by atoms with Gasteiger partial charge in [-0.05, 0) is 40.8 Å². The average Bonchev–Trinajstić information content (AvgIpc) is 3.16. The highest BCUT2D eigenvalue weighted by atomic mass is 35.5. The SMILES string of the molecule is CC(C)(C)c1ccc(-c2csc(=Nc3ccc(Cl)cc3)n2CCN2CCOCC2)cc1. The van der Waals surface area contributed by atoms with Crippen LogP contribution < -0.4 is 4.80 Å². The summed E-state index contributed by atoms with van der Waals surface area (Å²) in [6, 6.07) is 16.7. The van der Waals surface area contributed by atoms with Crippen LogP contribution in [0.4, 0.5) is 5.69 Å². The number of aromatic nitrogens is 1. The number of nitrogens with zero attached hydrogens (tertiary/aromatic N) is 3. The summed E-state index contributed by atoms with van der Waals surface area (Å²) in [5, 5.41) is 2.95. The van der Waals surface area contributed by atoms with E-state index >= 15 is 0 Å². The van der Waals surface area contributed by atoms with Gasteiger partial charge in [-0.1, -0.05) is 56.6 Å². The maximum Gasteiger partial charge on any atom is 0.190 e. The molecular formula is C25H30ClN3OS. The number of morpholine rings is 1. The van der Waals surface area contributed by atoms with Gasteiger partial charge in [0.15, 0.2) is 4.80 Å². The van der Waals surface area contributed by atoms with Crippen molar-refractivity contribution in [2.45, 2.75) is 32.7 Å². The fraction of sp³-hybridized carbons (Fsp3) is 0.400. The molecule has 0 unspecified atom stereocenters. The molecule has 0 saturated carbocycles. The molecule has 0 atom stereocenters. The average molecular weight is 456 g/mol. The Morgan fingerprint density at radius 3 is 2.29 bits per heavy atom. The lowest BCUT2D eigenvalue weighted by Gasteiger charge is -2.27. The van der Waals surface area contributed by atoms with Crippen molar-refractivity contribution in [3.63, 3.8) is 0 Å². The predicted octanol–water partition coefficient (Wildman–Crippen LogP) is 5.73. The van der Waals surface area contributed by atoms with Crippen molar-refractivity contribution >= 4 is 28.6 Å². The van der Waals surface area contributed by atoms with Crippen LogP contribution in [0.25, 0.3) is 11.3 Å². The summed E-state index contributed by atoms with van der Waals surface area (Å²) >= 11 is 7.74. The van der Waals surface area contributed by atoms with Gasteiger partial charge in [0.25, 0.3) is 0 Å². The molecule has 1 saturated heterocycles. The monoisotopic (exact) mass is 455 g/mol. The molecule has 164 valence electrons. The molecule has 0 aliphatic carbocycles. The lowest BCUT2D eigenvalue weighted by Crippen LogP contribution is -2.39.